The molecule has 1 amide bonds. The van der Waals surface area contributed by atoms with Crippen molar-refractivity contribution in [3.63, 3.8) is 0 Å². The first-order valence-electron chi connectivity index (χ1n) is 9.93. The average molecular weight is 472 g/mol. The van der Waals surface area contributed by atoms with Gasteiger partial charge in [0.15, 0.2) is 5.52 Å². The quantitative estimate of drug-likeness (QED) is 0.451. The highest BCUT2D eigenvalue weighted by atomic mass is 19.4. The van der Waals surface area contributed by atoms with E-state index in [-0.39, 0.29) is 23.3 Å². The van der Waals surface area contributed by atoms with Crippen LogP contribution in [-0.2, 0) is 24.1 Å². The maximum absolute atomic E-state index is 13.2. The number of benzene rings is 2. The van der Waals surface area contributed by atoms with E-state index in [9.17, 15) is 31.9 Å². The molecule has 0 bridgehead atoms. The number of halogens is 4. The Balaban J connectivity index is 1.71. The molecule has 0 aliphatic heterocycles. The summed E-state index contributed by atoms with van der Waals surface area (Å²) in [6, 6.07) is 12.2. The third-order valence-corrected chi connectivity index (χ3v) is 5.02. The fraction of sp³-hybridized carbons (Fsp3) is 0.130. The van der Waals surface area contributed by atoms with Gasteiger partial charge in [-0.3, -0.25) is 18.7 Å². The van der Waals surface area contributed by atoms with Crippen molar-refractivity contribution < 1.29 is 22.4 Å². The minimum atomic E-state index is -4.59. The number of carbonyl (C=O) groups is 1. The molecule has 0 spiro atoms. The van der Waals surface area contributed by atoms with Gasteiger partial charge in [-0.1, -0.05) is 18.2 Å². The minimum absolute atomic E-state index is 0.0731. The van der Waals surface area contributed by atoms with Gasteiger partial charge in [-0.15, -0.1) is 0 Å². The van der Waals surface area contributed by atoms with Gasteiger partial charge in [0, 0.05) is 11.9 Å². The Morgan fingerprint density at radius 2 is 1.71 bits per heavy atom. The van der Waals surface area contributed by atoms with Crippen molar-refractivity contribution in [1.29, 1.82) is 0 Å². The highest BCUT2D eigenvalue weighted by molar-refractivity contribution is 5.91. The summed E-state index contributed by atoms with van der Waals surface area (Å²) in [4.78, 5) is 42.7. The van der Waals surface area contributed by atoms with Gasteiger partial charge in [-0.2, -0.15) is 13.2 Å². The summed E-state index contributed by atoms with van der Waals surface area (Å²) in [5.41, 5.74) is -2.08. The van der Waals surface area contributed by atoms with E-state index < -0.39 is 41.3 Å². The summed E-state index contributed by atoms with van der Waals surface area (Å²) in [7, 11) is 0. The zero-order valence-corrected chi connectivity index (χ0v) is 17.3. The molecule has 2 aromatic heterocycles. The summed E-state index contributed by atoms with van der Waals surface area (Å²) >= 11 is 0. The van der Waals surface area contributed by atoms with Gasteiger partial charge in [-0.05, 0) is 48.0 Å². The van der Waals surface area contributed by atoms with Gasteiger partial charge in [0.1, 0.15) is 12.4 Å². The summed E-state index contributed by atoms with van der Waals surface area (Å²) in [5.74, 6) is -1.27. The summed E-state index contributed by atoms with van der Waals surface area (Å²) < 4.78 is 53.9. The molecule has 34 heavy (non-hydrogen) atoms. The van der Waals surface area contributed by atoms with Crippen LogP contribution in [0.5, 0.6) is 0 Å². The smallest absolute Gasteiger partial charge is 0.325 e. The van der Waals surface area contributed by atoms with Crippen LogP contribution in [0.2, 0.25) is 0 Å². The molecule has 0 saturated carbocycles. The lowest BCUT2D eigenvalue weighted by atomic mass is 10.2. The van der Waals surface area contributed by atoms with E-state index in [0.29, 0.717) is 5.56 Å². The lowest BCUT2D eigenvalue weighted by Gasteiger charge is -2.14. The topological polar surface area (TPSA) is 86.0 Å². The van der Waals surface area contributed by atoms with Gasteiger partial charge < -0.3 is 5.32 Å². The van der Waals surface area contributed by atoms with Crippen LogP contribution in [-0.4, -0.2) is 20.0 Å². The first kappa shape index (κ1) is 22.9. The number of hydrogen-bond donors (Lipinski definition) is 1. The predicted molar refractivity (Wildman–Crippen MR) is 116 cm³/mol. The molecule has 4 aromatic rings. The highest BCUT2D eigenvalue weighted by Crippen LogP contribution is 2.30. The molecule has 174 valence electrons. The Bertz CT molecular complexity index is 1490. The zero-order valence-electron chi connectivity index (χ0n) is 17.3. The van der Waals surface area contributed by atoms with E-state index in [0.717, 1.165) is 27.3 Å². The van der Waals surface area contributed by atoms with E-state index >= 15 is 0 Å². The van der Waals surface area contributed by atoms with Gasteiger partial charge in [0.2, 0.25) is 5.91 Å². The molecule has 2 heterocycles. The van der Waals surface area contributed by atoms with E-state index in [1.807, 2.05) is 0 Å². The number of anilines is 1. The van der Waals surface area contributed by atoms with Crippen molar-refractivity contribution in [2.45, 2.75) is 19.3 Å². The normalized spacial score (nSPS) is 11.5. The standard InChI is InChI=1S/C23H16F4N4O3/c24-16-8-6-14(7-9-16)12-31-21(33)20-18(5-2-10-28-20)30(22(31)34)13-19(32)29-17-4-1-3-15(11-17)23(25,26)27/h1-11H,12-13H2,(H,29,32). The second-order valence-electron chi connectivity index (χ2n) is 7.38. The first-order valence-corrected chi connectivity index (χ1v) is 9.93. The Morgan fingerprint density at radius 1 is 0.971 bits per heavy atom. The maximum atomic E-state index is 13.2. The molecule has 0 unspecified atom stereocenters. The molecular weight excluding hydrogens is 456 g/mol. The number of amides is 1. The van der Waals surface area contributed by atoms with Crippen molar-refractivity contribution in [2.75, 3.05) is 5.32 Å². The number of alkyl halides is 3. The minimum Gasteiger partial charge on any atom is -0.325 e. The second-order valence-corrected chi connectivity index (χ2v) is 7.38. The van der Waals surface area contributed by atoms with Crippen molar-refractivity contribution in [3.8, 4) is 0 Å². The SMILES string of the molecule is O=C(Cn1c(=O)n(Cc2ccc(F)cc2)c(=O)c2ncccc21)Nc1cccc(C(F)(F)F)c1. The molecule has 0 aliphatic carbocycles. The summed E-state index contributed by atoms with van der Waals surface area (Å²) in [6.45, 7) is -0.777. The van der Waals surface area contributed by atoms with Gasteiger partial charge in [0.25, 0.3) is 5.56 Å². The van der Waals surface area contributed by atoms with Crippen molar-refractivity contribution >= 4 is 22.6 Å². The Hall–Kier alpha value is -4.28. The van der Waals surface area contributed by atoms with Crippen LogP contribution in [0.1, 0.15) is 11.1 Å². The molecular formula is C23H16F4N4O3. The Morgan fingerprint density at radius 3 is 2.41 bits per heavy atom. The van der Waals surface area contributed by atoms with Crippen LogP contribution in [0, 0.1) is 5.82 Å². The van der Waals surface area contributed by atoms with E-state index in [2.05, 4.69) is 10.3 Å². The number of fused-ring (bicyclic) bond motifs is 1. The fourth-order valence-electron chi connectivity index (χ4n) is 3.42. The lowest BCUT2D eigenvalue weighted by molar-refractivity contribution is -0.137. The molecule has 0 saturated heterocycles. The van der Waals surface area contributed by atoms with Crippen LogP contribution in [0.15, 0.2) is 76.4 Å². The molecule has 11 heteroatoms. The molecule has 0 aliphatic rings. The monoisotopic (exact) mass is 472 g/mol. The summed E-state index contributed by atoms with van der Waals surface area (Å²) in [5, 5.41) is 2.34. The lowest BCUT2D eigenvalue weighted by Crippen LogP contribution is -2.42. The third-order valence-electron chi connectivity index (χ3n) is 5.02. The van der Waals surface area contributed by atoms with E-state index in [1.165, 1.54) is 48.7 Å². The van der Waals surface area contributed by atoms with Crippen molar-refractivity contribution in [3.05, 3.63) is 105 Å². The van der Waals surface area contributed by atoms with Gasteiger partial charge in [-0.25, -0.2) is 14.2 Å². The number of hydrogen-bond acceptors (Lipinski definition) is 4. The molecule has 0 atom stereocenters. The number of pyridine rings is 1. The van der Waals surface area contributed by atoms with Crippen molar-refractivity contribution in [2.24, 2.45) is 0 Å². The second kappa shape index (κ2) is 8.93. The maximum Gasteiger partial charge on any atom is 0.416 e. The number of aromatic nitrogens is 3. The first-order chi connectivity index (χ1) is 16.1. The Labute approximate surface area is 188 Å². The van der Waals surface area contributed by atoms with Gasteiger partial charge >= 0.3 is 11.9 Å². The van der Waals surface area contributed by atoms with Crippen LogP contribution < -0.4 is 16.6 Å². The zero-order chi connectivity index (χ0) is 24.5. The largest absolute Gasteiger partial charge is 0.416 e. The van der Waals surface area contributed by atoms with Crippen LogP contribution in [0.3, 0.4) is 0 Å². The van der Waals surface area contributed by atoms with Crippen LogP contribution >= 0.6 is 0 Å². The van der Waals surface area contributed by atoms with E-state index in [4.69, 9.17) is 0 Å². The molecule has 0 radical (unpaired) electrons. The third kappa shape index (κ3) is 4.72. The number of nitrogens with one attached hydrogen (secondary N) is 1. The Kier molecular flexibility index (Phi) is 6.01. The van der Waals surface area contributed by atoms with Gasteiger partial charge in [0.05, 0.1) is 17.6 Å². The molecule has 4 rings (SSSR count). The van der Waals surface area contributed by atoms with Crippen LogP contribution in [0.4, 0.5) is 23.2 Å². The molecule has 1 N–H and O–H groups in total. The molecule has 0 fully saturated rings. The molecule has 7 nitrogen and oxygen atoms in total. The highest BCUT2D eigenvalue weighted by Gasteiger charge is 2.30. The van der Waals surface area contributed by atoms with E-state index in [1.54, 1.807) is 0 Å². The summed E-state index contributed by atoms with van der Waals surface area (Å²) in [6.07, 6.45) is -3.24. The predicted octanol–water partition coefficient (Wildman–Crippen LogP) is 3.40. The number of nitrogens with zero attached hydrogens (tertiary/aromatic N) is 3. The molecule has 2 aromatic carbocycles. The average Bonchev–Trinajstić information content (AvgIpc) is 2.80. The fourth-order valence-corrected chi connectivity index (χ4v) is 3.42. The number of carbonyl (C=O) groups excluding carboxylic acids is 1. The van der Waals surface area contributed by atoms with Crippen LogP contribution in [0.25, 0.3) is 11.0 Å². The number of rotatable bonds is 5. The van der Waals surface area contributed by atoms with Crippen molar-refractivity contribution in [1.82, 2.24) is 14.1 Å².